The summed E-state index contributed by atoms with van der Waals surface area (Å²) in [6.07, 6.45) is 2.04. The van der Waals surface area contributed by atoms with Crippen LogP contribution in [-0.2, 0) is 11.5 Å². The Morgan fingerprint density at radius 2 is 2.04 bits per heavy atom. The Labute approximate surface area is 164 Å². The van der Waals surface area contributed by atoms with Crippen molar-refractivity contribution < 1.29 is 9.18 Å². The van der Waals surface area contributed by atoms with Gasteiger partial charge in [-0.05, 0) is 65.0 Å². The van der Waals surface area contributed by atoms with Gasteiger partial charge < -0.3 is 5.32 Å². The lowest BCUT2D eigenvalue weighted by Gasteiger charge is -2.23. The first kappa shape index (κ1) is 19.7. The first-order valence-electron chi connectivity index (χ1n) is 9.09. The molecule has 2 aromatic rings. The maximum atomic E-state index is 14.3. The molecule has 1 heterocycles. The second-order valence-corrected chi connectivity index (χ2v) is 8.51. The number of benzene rings is 1. The molecular formula is C19H26FN5OS. The van der Waals surface area contributed by atoms with E-state index in [4.69, 9.17) is 12.2 Å². The van der Waals surface area contributed by atoms with Gasteiger partial charge in [-0.1, -0.05) is 12.1 Å². The average Bonchev–Trinajstić information content (AvgIpc) is 3.32. The number of carbonyl (C=O) groups is 1. The fourth-order valence-electron chi connectivity index (χ4n) is 2.98. The number of hydrogen-bond acceptors (Lipinski definition) is 4. The van der Waals surface area contributed by atoms with Gasteiger partial charge >= 0.3 is 0 Å². The van der Waals surface area contributed by atoms with Gasteiger partial charge in [-0.15, -0.1) is 0 Å². The zero-order chi connectivity index (χ0) is 19.8. The molecule has 0 unspecified atom stereocenters. The van der Waals surface area contributed by atoms with Gasteiger partial charge in [0.25, 0.3) is 0 Å². The first-order chi connectivity index (χ1) is 12.7. The number of rotatable bonds is 6. The molecule has 1 N–H and O–H groups in total. The smallest absolute Gasteiger partial charge is 0.234 e. The molecule has 0 radical (unpaired) electrons. The van der Waals surface area contributed by atoms with Crippen LogP contribution in [0.4, 0.5) is 4.39 Å². The number of likely N-dealkylation sites (N-methyl/N-ethyl adjacent to an activating group) is 1. The number of aromatic nitrogens is 3. The molecule has 3 rings (SSSR count). The Bertz CT molecular complexity index is 894. The molecule has 27 heavy (non-hydrogen) atoms. The Morgan fingerprint density at radius 3 is 2.63 bits per heavy atom. The summed E-state index contributed by atoms with van der Waals surface area (Å²) < 4.78 is 18.5. The summed E-state index contributed by atoms with van der Waals surface area (Å²) in [7, 11) is 1.84. The van der Waals surface area contributed by atoms with Crippen LogP contribution >= 0.6 is 12.2 Å². The maximum Gasteiger partial charge on any atom is 0.234 e. The van der Waals surface area contributed by atoms with Crippen LogP contribution in [0.25, 0.3) is 11.4 Å². The lowest BCUT2D eigenvalue weighted by atomic mass is 10.1. The van der Waals surface area contributed by atoms with Gasteiger partial charge in [-0.3, -0.25) is 14.3 Å². The van der Waals surface area contributed by atoms with Gasteiger partial charge in [0.15, 0.2) is 10.6 Å². The fraction of sp³-hybridized carbons (Fsp3) is 0.526. The van der Waals surface area contributed by atoms with Crippen LogP contribution in [0.2, 0.25) is 0 Å². The maximum absolute atomic E-state index is 14.3. The molecule has 1 amide bonds. The standard InChI is InChI=1S/C19H26FN5OS/c1-19(2,3)21-16(26)11-23(4)12-24-18(27)25(13-9-10-13)17(22-24)14-7-5-6-8-15(14)20/h5-8,13H,9-12H2,1-4H3,(H,21,26). The number of carbonyl (C=O) groups excluding carboxylic acids is 1. The van der Waals surface area contributed by atoms with Crippen molar-refractivity contribution in [2.24, 2.45) is 0 Å². The van der Waals surface area contributed by atoms with Gasteiger partial charge in [-0.2, -0.15) is 5.10 Å². The molecule has 1 aliphatic carbocycles. The third-order valence-corrected chi connectivity index (χ3v) is 4.61. The number of nitrogens with zero attached hydrogens (tertiary/aromatic N) is 4. The van der Waals surface area contributed by atoms with Crippen molar-refractivity contribution in [3.8, 4) is 11.4 Å². The Kier molecular flexibility index (Phi) is 5.48. The van der Waals surface area contributed by atoms with Gasteiger partial charge in [-0.25, -0.2) is 9.07 Å². The Morgan fingerprint density at radius 1 is 1.37 bits per heavy atom. The van der Waals surface area contributed by atoms with Crippen LogP contribution in [0.3, 0.4) is 0 Å². The van der Waals surface area contributed by atoms with E-state index in [-0.39, 0.29) is 29.8 Å². The molecule has 146 valence electrons. The molecule has 6 nitrogen and oxygen atoms in total. The summed E-state index contributed by atoms with van der Waals surface area (Å²) >= 11 is 5.61. The fourth-order valence-corrected chi connectivity index (χ4v) is 3.32. The summed E-state index contributed by atoms with van der Waals surface area (Å²) in [6, 6.07) is 6.87. The van der Waals surface area contributed by atoms with E-state index in [1.165, 1.54) is 6.07 Å². The SMILES string of the molecule is CN(CC(=O)NC(C)(C)C)Cn1nc(-c2ccccc2F)n(C2CC2)c1=S. The third kappa shape index (κ3) is 4.81. The number of nitrogens with one attached hydrogen (secondary N) is 1. The van der Waals surface area contributed by atoms with E-state index in [0.29, 0.717) is 22.8 Å². The minimum atomic E-state index is -0.315. The van der Waals surface area contributed by atoms with E-state index >= 15 is 0 Å². The number of amides is 1. The molecule has 0 spiro atoms. The quantitative estimate of drug-likeness (QED) is 0.767. The molecule has 0 atom stereocenters. The molecule has 8 heteroatoms. The molecule has 1 fully saturated rings. The van der Waals surface area contributed by atoms with E-state index in [0.717, 1.165) is 12.8 Å². The van der Waals surface area contributed by atoms with Gasteiger partial charge in [0, 0.05) is 11.6 Å². The summed E-state index contributed by atoms with van der Waals surface area (Å²) in [5, 5.41) is 7.52. The topological polar surface area (TPSA) is 55.1 Å². The predicted octanol–water partition coefficient (Wildman–Crippen LogP) is 3.36. The van der Waals surface area contributed by atoms with Crippen molar-refractivity contribution in [3.05, 3.63) is 34.9 Å². The normalized spacial score (nSPS) is 14.6. The van der Waals surface area contributed by atoms with Crippen molar-refractivity contribution in [2.75, 3.05) is 13.6 Å². The largest absolute Gasteiger partial charge is 0.350 e. The molecule has 1 aromatic heterocycles. The average molecular weight is 392 g/mol. The summed E-state index contributed by atoms with van der Waals surface area (Å²) in [4.78, 5) is 14.0. The van der Waals surface area contributed by atoms with Crippen molar-refractivity contribution >= 4 is 18.1 Å². The van der Waals surface area contributed by atoms with E-state index in [9.17, 15) is 9.18 Å². The summed E-state index contributed by atoms with van der Waals surface area (Å²) in [6.45, 7) is 6.42. The Balaban J connectivity index is 1.83. The van der Waals surface area contributed by atoms with Gasteiger partial charge in [0.1, 0.15) is 5.82 Å². The minimum absolute atomic E-state index is 0.0625. The highest BCUT2D eigenvalue weighted by Crippen LogP contribution is 2.38. The highest BCUT2D eigenvalue weighted by molar-refractivity contribution is 7.71. The third-order valence-electron chi connectivity index (χ3n) is 4.20. The van der Waals surface area contributed by atoms with Gasteiger partial charge in [0.05, 0.1) is 18.8 Å². The van der Waals surface area contributed by atoms with Crippen LogP contribution in [0.15, 0.2) is 24.3 Å². The molecule has 1 saturated carbocycles. The van der Waals surface area contributed by atoms with E-state index in [1.54, 1.807) is 22.9 Å². The van der Waals surface area contributed by atoms with Crippen LogP contribution < -0.4 is 5.32 Å². The Hall–Kier alpha value is -2.06. The monoisotopic (exact) mass is 391 g/mol. The number of hydrogen-bond donors (Lipinski definition) is 1. The van der Waals surface area contributed by atoms with E-state index in [2.05, 4.69) is 10.4 Å². The van der Waals surface area contributed by atoms with Crippen LogP contribution in [0.5, 0.6) is 0 Å². The second-order valence-electron chi connectivity index (χ2n) is 8.14. The summed E-state index contributed by atoms with van der Waals surface area (Å²) in [5.41, 5.74) is 0.169. The summed E-state index contributed by atoms with van der Waals surface area (Å²) in [5.74, 6) is 0.171. The van der Waals surface area contributed by atoms with E-state index in [1.807, 2.05) is 37.3 Å². The highest BCUT2D eigenvalue weighted by Gasteiger charge is 2.30. The van der Waals surface area contributed by atoms with Crippen LogP contribution in [0, 0.1) is 10.6 Å². The highest BCUT2D eigenvalue weighted by atomic mass is 32.1. The molecule has 0 bridgehead atoms. The van der Waals surface area contributed by atoms with E-state index < -0.39 is 0 Å². The van der Waals surface area contributed by atoms with Crippen LogP contribution in [0.1, 0.15) is 39.7 Å². The molecule has 0 saturated heterocycles. The molecule has 1 aromatic carbocycles. The van der Waals surface area contributed by atoms with Crippen molar-refractivity contribution in [3.63, 3.8) is 0 Å². The second kappa shape index (κ2) is 7.52. The number of halogens is 1. The minimum Gasteiger partial charge on any atom is -0.350 e. The molecule has 1 aliphatic rings. The van der Waals surface area contributed by atoms with Gasteiger partial charge in [0.2, 0.25) is 5.91 Å². The lowest BCUT2D eigenvalue weighted by Crippen LogP contribution is -2.45. The first-order valence-corrected chi connectivity index (χ1v) is 9.50. The predicted molar refractivity (Wildman–Crippen MR) is 105 cm³/mol. The zero-order valence-corrected chi connectivity index (χ0v) is 17.0. The lowest BCUT2D eigenvalue weighted by molar-refractivity contribution is -0.123. The van der Waals surface area contributed by atoms with Crippen molar-refractivity contribution in [2.45, 2.75) is 51.9 Å². The van der Waals surface area contributed by atoms with Crippen molar-refractivity contribution in [1.82, 2.24) is 24.6 Å². The molecule has 0 aliphatic heterocycles. The van der Waals surface area contributed by atoms with Crippen molar-refractivity contribution in [1.29, 1.82) is 0 Å². The van der Waals surface area contributed by atoms with Crippen LogP contribution in [-0.4, -0.2) is 44.3 Å². The molecular weight excluding hydrogens is 365 g/mol. The zero-order valence-electron chi connectivity index (χ0n) is 16.2.